The van der Waals surface area contributed by atoms with Gasteiger partial charge in [0, 0.05) is 16.2 Å². The molecule has 0 spiro atoms. The van der Waals surface area contributed by atoms with E-state index in [9.17, 15) is 4.79 Å². The fraction of sp³-hybridized carbons (Fsp3) is 0.588. The van der Waals surface area contributed by atoms with E-state index in [1.165, 1.54) is 19.3 Å². The normalized spacial score (nSPS) is 16.6. The third-order valence-electron chi connectivity index (χ3n) is 3.62. The van der Waals surface area contributed by atoms with Crippen LogP contribution in [0.15, 0.2) is 28.7 Å². The van der Waals surface area contributed by atoms with E-state index in [0.29, 0.717) is 0 Å². The highest BCUT2D eigenvalue weighted by atomic mass is 79.9. The number of rotatable bonds is 2. The van der Waals surface area contributed by atoms with E-state index in [-0.39, 0.29) is 12.1 Å². The molecule has 0 bridgehead atoms. The van der Waals surface area contributed by atoms with Crippen molar-refractivity contribution in [2.24, 2.45) is 0 Å². The molecule has 0 aromatic heterocycles. The third kappa shape index (κ3) is 4.73. The van der Waals surface area contributed by atoms with E-state index in [1.54, 1.807) is 0 Å². The van der Waals surface area contributed by atoms with E-state index in [4.69, 9.17) is 4.74 Å². The Balaban J connectivity index is 2.27. The number of benzene rings is 1. The molecule has 0 unspecified atom stereocenters. The van der Waals surface area contributed by atoms with Crippen LogP contribution in [0, 0.1) is 0 Å². The Labute approximate surface area is 135 Å². The van der Waals surface area contributed by atoms with Gasteiger partial charge in [-0.05, 0) is 51.8 Å². The first kappa shape index (κ1) is 16.3. The lowest BCUT2D eigenvalue weighted by Gasteiger charge is -2.35. The minimum atomic E-state index is -0.476. The highest BCUT2D eigenvalue weighted by Gasteiger charge is 2.30. The number of nitrogens with zero attached hydrogens (tertiary/aromatic N) is 1. The molecule has 0 atom stereocenters. The molecule has 1 saturated carbocycles. The van der Waals surface area contributed by atoms with Crippen LogP contribution in [0.2, 0.25) is 0 Å². The third-order valence-corrected chi connectivity index (χ3v) is 4.11. The summed E-state index contributed by atoms with van der Waals surface area (Å²) in [6.07, 6.45) is 5.47. The Morgan fingerprint density at radius 3 is 2.48 bits per heavy atom. The van der Waals surface area contributed by atoms with Gasteiger partial charge in [-0.15, -0.1) is 0 Å². The smallest absolute Gasteiger partial charge is 0.415 e. The summed E-state index contributed by atoms with van der Waals surface area (Å²) in [5, 5.41) is 0. The minimum Gasteiger partial charge on any atom is -0.443 e. The van der Waals surface area contributed by atoms with Gasteiger partial charge in [0.05, 0.1) is 0 Å². The van der Waals surface area contributed by atoms with Gasteiger partial charge in [-0.3, -0.25) is 4.90 Å². The topological polar surface area (TPSA) is 29.5 Å². The number of carbonyl (C=O) groups is 1. The first-order chi connectivity index (χ1) is 9.87. The van der Waals surface area contributed by atoms with Crippen molar-refractivity contribution in [1.82, 2.24) is 0 Å². The molecule has 21 heavy (non-hydrogen) atoms. The second-order valence-electron chi connectivity index (χ2n) is 6.62. The van der Waals surface area contributed by atoms with Gasteiger partial charge in [0.2, 0.25) is 0 Å². The maximum Gasteiger partial charge on any atom is 0.415 e. The maximum absolute atomic E-state index is 12.7. The summed E-state index contributed by atoms with van der Waals surface area (Å²) < 4.78 is 6.60. The van der Waals surface area contributed by atoms with Crippen LogP contribution in [0.1, 0.15) is 52.9 Å². The number of hydrogen-bond acceptors (Lipinski definition) is 2. The first-order valence-electron chi connectivity index (χ1n) is 7.64. The Morgan fingerprint density at radius 1 is 1.24 bits per heavy atom. The van der Waals surface area contributed by atoms with E-state index in [2.05, 4.69) is 15.9 Å². The summed E-state index contributed by atoms with van der Waals surface area (Å²) in [4.78, 5) is 14.5. The lowest BCUT2D eigenvalue weighted by atomic mass is 9.94. The van der Waals surface area contributed by atoms with Crippen molar-refractivity contribution in [1.29, 1.82) is 0 Å². The minimum absolute atomic E-state index is 0.239. The zero-order valence-corrected chi connectivity index (χ0v) is 14.6. The summed E-state index contributed by atoms with van der Waals surface area (Å²) in [5.74, 6) is 0. The second-order valence-corrected chi connectivity index (χ2v) is 7.54. The molecule has 0 radical (unpaired) electrons. The number of carbonyl (C=O) groups excluding carboxylic acids is 1. The average Bonchev–Trinajstić information content (AvgIpc) is 2.38. The van der Waals surface area contributed by atoms with Crippen molar-refractivity contribution >= 4 is 27.7 Å². The van der Waals surface area contributed by atoms with Crippen LogP contribution in [0.5, 0.6) is 0 Å². The van der Waals surface area contributed by atoms with Crippen molar-refractivity contribution in [3.05, 3.63) is 28.7 Å². The number of hydrogen-bond donors (Lipinski definition) is 0. The number of amides is 1. The van der Waals surface area contributed by atoms with Crippen molar-refractivity contribution in [2.75, 3.05) is 4.90 Å². The number of halogens is 1. The van der Waals surface area contributed by atoms with Gasteiger partial charge in [-0.2, -0.15) is 0 Å². The first-order valence-corrected chi connectivity index (χ1v) is 8.44. The van der Waals surface area contributed by atoms with Crippen LogP contribution < -0.4 is 4.90 Å². The Bertz CT molecular complexity index is 490. The summed E-state index contributed by atoms with van der Waals surface area (Å²) >= 11 is 3.49. The molecule has 1 fully saturated rings. The molecule has 1 aromatic carbocycles. The van der Waals surface area contributed by atoms with Crippen molar-refractivity contribution in [2.45, 2.75) is 64.5 Å². The average molecular weight is 354 g/mol. The highest BCUT2D eigenvalue weighted by Crippen LogP contribution is 2.30. The quantitative estimate of drug-likeness (QED) is 0.699. The molecule has 1 amide bonds. The molecular formula is C17H24BrNO2. The summed E-state index contributed by atoms with van der Waals surface area (Å²) in [6, 6.07) is 8.13. The molecule has 1 aliphatic carbocycles. The molecule has 116 valence electrons. The van der Waals surface area contributed by atoms with E-state index >= 15 is 0 Å². The van der Waals surface area contributed by atoms with Crippen molar-refractivity contribution < 1.29 is 9.53 Å². The number of anilines is 1. The molecular weight excluding hydrogens is 330 g/mol. The van der Waals surface area contributed by atoms with Gasteiger partial charge in [-0.25, -0.2) is 4.79 Å². The zero-order chi connectivity index (χ0) is 15.5. The summed E-state index contributed by atoms with van der Waals surface area (Å²) in [6.45, 7) is 5.72. The van der Waals surface area contributed by atoms with Gasteiger partial charge in [0.25, 0.3) is 0 Å². The fourth-order valence-corrected chi connectivity index (χ4v) is 3.13. The monoisotopic (exact) mass is 353 g/mol. The van der Waals surface area contributed by atoms with Crippen LogP contribution in [-0.4, -0.2) is 17.7 Å². The lowest BCUT2D eigenvalue weighted by molar-refractivity contribution is 0.0558. The molecule has 3 nitrogen and oxygen atoms in total. The number of ether oxygens (including phenoxy) is 1. The van der Waals surface area contributed by atoms with Gasteiger partial charge >= 0.3 is 6.09 Å². The van der Waals surface area contributed by atoms with Crippen molar-refractivity contribution in [3.8, 4) is 0 Å². The molecule has 2 rings (SSSR count). The molecule has 0 N–H and O–H groups in total. The van der Waals surface area contributed by atoms with Gasteiger partial charge in [0.1, 0.15) is 5.60 Å². The highest BCUT2D eigenvalue weighted by molar-refractivity contribution is 9.10. The van der Waals surface area contributed by atoms with Crippen LogP contribution in [-0.2, 0) is 4.74 Å². The Hall–Kier alpha value is -1.03. The SMILES string of the molecule is CC(C)(C)OC(=O)N(c1cccc(Br)c1)C1CCCCC1. The predicted molar refractivity (Wildman–Crippen MR) is 89.7 cm³/mol. The Kier molecular flexibility index (Phi) is 5.31. The predicted octanol–water partition coefficient (Wildman–Crippen LogP) is 5.52. The lowest BCUT2D eigenvalue weighted by Crippen LogP contribution is -2.44. The Morgan fingerprint density at radius 2 is 1.90 bits per heavy atom. The van der Waals surface area contributed by atoms with Crippen molar-refractivity contribution in [3.63, 3.8) is 0 Å². The molecule has 0 aliphatic heterocycles. The second kappa shape index (κ2) is 6.82. The van der Waals surface area contributed by atoms with Gasteiger partial charge in [0.15, 0.2) is 0 Å². The van der Waals surface area contributed by atoms with Gasteiger partial charge < -0.3 is 4.74 Å². The van der Waals surface area contributed by atoms with E-state index in [0.717, 1.165) is 23.0 Å². The van der Waals surface area contributed by atoms with Crippen LogP contribution >= 0.6 is 15.9 Å². The fourth-order valence-electron chi connectivity index (χ4n) is 2.74. The van der Waals surface area contributed by atoms with Crippen LogP contribution in [0.3, 0.4) is 0 Å². The van der Waals surface area contributed by atoms with Gasteiger partial charge in [-0.1, -0.05) is 41.3 Å². The molecule has 0 saturated heterocycles. The molecule has 0 heterocycles. The maximum atomic E-state index is 12.7. The summed E-state index contributed by atoms with van der Waals surface area (Å²) in [7, 11) is 0. The van der Waals surface area contributed by atoms with Crippen LogP contribution in [0.25, 0.3) is 0 Å². The molecule has 1 aromatic rings. The molecule has 1 aliphatic rings. The molecule has 4 heteroatoms. The summed E-state index contributed by atoms with van der Waals surface area (Å²) in [5.41, 5.74) is 0.432. The van der Waals surface area contributed by atoms with E-state index in [1.807, 2.05) is 49.9 Å². The largest absolute Gasteiger partial charge is 0.443 e. The standard InChI is InChI=1S/C17H24BrNO2/c1-17(2,3)21-16(20)19(14-9-5-4-6-10-14)15-11-7-8-13(18)12-15/h7-8,11-12,14H,4-6,9-10H2,1-3H3. The zero-order valence-electron chi connectivity index (χ0n) is 13.1. The van der Waals surface area contributed by atoms with Crippen LogP contribution in [0.4, 0.5) is 10.5 Å². The van der Waals surface area contributed by atoms with E-state index < -0.39 is 5.60 Å².